The number of sulfonamides is 1. The molecule has 0 aromatic carbocycles. The van der Waals surface area contributed by atoms with E-state index in [2.05, 4.69) is 9.82 Å². The summed E-state index contributed by atoms with van der Waals surface area (Å²) < 4.78 is 28.1. The Balaban J connectivity index is 2.90. The highest BCUT2D eigenvalue weighted by Gasteiger charge is 2.21. The first kappa shape index (κ1) is 13.2. The third-order valence-corrected chi connectivity index (χ3v) is 4.03. The fraction of sp³-hybridized carbons (Fsp3) is 0.700. The van der Waals surface area contributed by atoms with E-state index in [0.29, 0.717) is 5.69 Å². The summed E-state index contributed by atoms with van der Waals surface area (Å²) in [6.45, 7) is 5.59. The average Bonchev–Trinajstić information content (AvgIpc) is 2.45. The van der Waals surface area contributed by atoms with Crippen molar-refractivity contribution in [1.29, 1.82) is 0 Å². The Bertz CT molecular complexity index is 451. The SMILES string of the molecule is CCCC(C)NS(=O)(=O)c1cn(C)nc1C. The molecule has 92 valence electrons. The molecule has 0 fully saturated rings. The molecular weight excluding hydrogens is 226 g/mol. The summed E-state index contributed by atoms with van der Waals surface area (Å²) in [5.74, 6) is 0. The monoisotopic (exact) mass is 245 g/mol. The maximum absolute atomic E-state index is 12.0. The summed E-state index contributed by atoms with van der Waals surface area (Å²) in [5.41, 5.74) is 0.527. The molecule has 0 aliphatic rings. The molecule has 5 nitrogen and oxygen atoms in total. The fourth-order valence-electron chi connectivity index (χ4n) is 1.66. The number of aryl methyl sites for hydroxylation is 2. The molecule has 0 bridgehead atoms. The molecule has 1 N–H and O–H groups in total. The second kappa shape index (κ2) is 4.97. The highest BCUT2D eigenvalue weighted by Crippen LogP contribution is 2.13. The summed E-state index contributed by atoms with van der Waals surface area (Å²) in [5, 5.41) is 4.03. The summed E-state index contributed by atoms with van der Waals surface area (Å²) in [4.78, 5) is 0.262. The topological polar surface area (TPSA) is 64.0 Å². The van der Waals surface area contributed by atoms with Crippen molar-refractivity contribution in [3.05, 3.63) is 11.9 Å². The predicted octanol–water partition coefficient (Wildman–Crippen LogP) is 1.20. The van der Waals surface area contributed by atoms with Gasteiger partial charge in [0.05, 0.1) is 5.69 Å². The van der Waals surface area contributed by atoms with Crippen LogP contribution in [0, 0.1) is 6.92 Å². The van der Waals surface area contributed by atoms with Crippen LogP contribution in [0.5, 0.6) is 0 Å². The molecule has 0 saturated heterocycles. The normalized spacial score (nSPS) is 14.0. The van der Waals surface area contributed by atoms with Gasteiger partial charge in [-0.25, -0.2) is 13.1 Å². The fourth-order valence-corrected chi connectivity index (χ4v) is 3.16. The molecule has 0 saturated carbocycles. The summed E-state index contributed by atoms with van der Waals surface area (Å²) in [7, 11) is -1.72. The van der Waals surface area contributed by atoms with Gasteiger partial charge in [0.15, 0.2) is 0 Å². The number of nitrogens with zero attached hydrogens (tertiary/aromatic N) is 2. The minimum absolute atomic E-state index is 0.0467. The number of aromatic nitrogens is 2. The van der Waals surface area contributed by atoms with E-state index in [4.69, 9.17) is 0 Å². The van der Waals surface area contributed by atoms with Crippen molar-refractivity contribution in [1.82, 2.24) is 14.5 Å². The number of nitrogens with one attached hydrogen (secondary N) is 1. The molecule has 0 aliphatic heterocycles. The van der Waals surface area contributed by atoms with Crippen molar-refractivity contribution in [2.45, 2.75) is 44.6 Å². The first-order valence-electron chi connectivity index (χ1n) is 5.39. The molecule has 0 radical (unpaired) electrons. The Morgan fingerprint density at radius 2 is 2.19 bits per heavy atom. The molecule has 0 aliphatic carbocycles. The quantitative estimate of drug-likeness (QED) is 0.847. The summed E-state index contributed by atoms with van der Waals surface area (Å²) in [6.07, 6.45) is 3.31. The van der Waals surface area contributed by atoms with Gasteiger partial charge in [0.2, 0.25) is 10.0 Å². The van der Waals surface area contributed by atoms with Gasteiger partial charge in [-0.15, -0.1) is 0 Å². The van der Waals surface area contributed by atoms with E-state index in [9.17, 15) is 8.42 Å². The van der Waals surface area contributed by atoms with E-state index >= 15 is 0 Å². The van der Waals surface area contributed by atoms with Crippen LogP contribution in [0.2, 0.25) is 0 Å². The van der Waals surface area contributed by atoms with Crippen LogP contribution in [0.1, 0.15) is 32.4 Å². The van der Waals surface area contributed by atoms with Gasteiger partial charge in [-0.05, 0) is 20.3 Å². The first-order valence-corrected chi connectivity index (χ1v) is 6.87. The second-order valence-corrected chi connectivity index (χ2v) is 5.75. The lowest BCUT2D eigenvalue weighted by Crippen LogP contribution is -2.32. The van der Waals surface area contributed by atoms with Crippen LogP contribution < -0.4 is 4.72 Å². The molecule has 1 rings (SSSR count). The summed E-state index contributed by atoms with van der Waals surface area (Å²) >= 11 is 0. The van der Waals surface area contributed by atoms with Crippen LogP contribution >= 0.6 is 0 Å². The van der Waals surface area contributed by atoms with Crippen LogP contribution in [0.4, 0.5) is 0 Å². The molecular formula is C10H19N3O2S. The Kier molecular flexibility index (Phi) is 4.09. The van der Waals surface area contributed by atoms with E-state index in [0.717, 1.165) is 12.8 Å². The van der Waals surface area contributed by atoms with E-state index < -0.39 is 10.0 Å². The Hall–Kier alpha value is -0.880. The van der Waals surface area contributed by atoms with Crippen molar-refractivity contribution in [3.8, 4) is 0 Å². The predicted molar refractivity (Wildman–Crippen MR) is 62.6 cm³/mol. The smallest absolute Gasteiger partial charge is 0.244 e. The van der Waals surface area contributed by atoms with Gasteiger partial charge >= 0.3 is 0 Å². The van der Waals surface area contributed by atoms with Gasteiger partial charge in [0.1, 0.15) is 4.90 Å². The lowest BCUT2D eigenvalue weighted by atomic mass is 10.2. The van der Waals surface area contributed by atoms with Crippen molar-refractivity contribution >= 4 is 10.0 Å². The highest BCUT2D eigenvalue weighted by atomic mass is 32.2. The molecule has 0 amide bonds. The molecule has 1 atom stereocenters. The molecule has 6 heteroatoms. The zero-order valence-corrected chi connectivity index (χ0v) is 11.0. The van der Waals surface area contributed by atoms with Gasteiger partial charge in [0, 0.05) is 19.3 Å². The van der Waals surface area contributed by atoms with Crippen LogP contribution in [-0.2, 0) is 17.1 Å². The molecule has 1 aromatic heterocycles. The zero-order chi connectivity index (χ0) is 12.3. The maximum Gasteiger partial charge on any atom is 0.244 e. The third-order valence-electron chi connectivity index (χ3n) is 2.34. The molecule has 1 heterocycles. The Morgan fingerprint density at radius 3 is 2.62 bits per heavy atom. The van der Waals surface area contributed by atoms with Crippen molar-refractivity contribution in [2.24, 2.45) is 7.05 Å². The third kappa shape index (κ3) is 3.05. The second-order valence-electron chi connectivity index (χ2n) is 4.06. The number of hydrogen-bond acceptors (Lipinski definition) is 3. The maximum atomic E-state index is 12.0. The average molecular weight is 245 g/mol. The van der Waals surface area contributed by atoms with Crippen LogP contribution in [0.15, 0.2) is 11.1 Å². The zero-order valence-electron chi connectivity index (χ0n) is 10.2. The van der Waals surface area contributed by atoms with Crippen LogP contribution in [0.3, 0.4) is 0 Å². The minimum atomic E-state index is -3.42. The van der Waals surface area contributed by atoms with E-state index in [1.54, 1.807) is 14.0 Å². The van der Waals surface area contributed by atoms with Crippen molar-refractivity contribution in [3.63, 3.8) is 0 Å². The largest absolute Gasteiger partial charge is 0.274 e. The number of rotatable bonds is 5. The molecule has 1 aromatic rings. The van der Waals surface area contributed by atoms with Gasteiger partial charge in [-0.3, -0.25) is 4.68 Å². The van der Waals surface area contributed by atoms with Gasteiger partial charge in [0.25, 0.3) is 0 Å². The van der Waals surface area contributed by atoms with Crippen molar-refractivity contribution < 1.29 is 8.42 Å². The van der Waals surface area contributed by atoms with Crippen LogP contribution in [-0.4, -0.2) is 24.2 Å². The van der Waals surface area contributed by atoms with Gasteiger partial charge in [-0.2, -0.15) is 5.10 Å². The Morgan fingerprint density at radius 1 is 1.56 bits per heavy atom. The minimum Gasteiger partial charge on any atom is -0.274 e. The van der Waals surface area contributed by atoms with Crippen molar-refractivity contribution in [2.75, 3.05) is 0 Å². The van der Waals surface area contributed by atoms with Crippen LogP contribution in [0.25, 0.3) is 0 Å². The standard InChI is InChI=1S/C10H19N3O2S/c1-5-6-8(2)12-16(14,15)10-7-13(4)11-9(10)3/h7-8,12H,5-6H2,1-4H3. The molecule has 1 unspecified atom stereocenters. The lowest BCUT2D eigenvalue weighted by molar-refractivity contribution is 0.543. The Labute approximate surface area is 96.9 Å². The molecule has 0 spiro atoms. The first-order chi connectivity index (χ1) is 7.36. The molecule has 16 heavy (non-hydrogen) atoms. The van der Waals surface area contributed by atoms with E-state index in [1.807, 2.05) is 13.8 Å². The lowest BCUT2D eigenvalue weighted by Gasteiger charge is -2.12. The van der Waals surface area contributed by atoms with E-state index in [1.165, 1.54) is 10.9 Å². The van der Waals surface area contributed by atoms with Gasteiger partial charge in [-0.1, -0.05) is 13.3 Å². The summed E-state index contributed by atoms with van der Waals surface area (Å²) in [6, 6.07) is -0.0467. The van der Waals surface area contributed by atoms with E-state index in [-0.39, 0.29) is 10.9 Å². The van der Waals surface area contributed by atoms with Gasteiger partial charge < -0.3 is 0 Å². The number of hydrogen-bond donors (Lipinski definition) is 1. The highest BCUT2D eigenvalue weighted by molar-refractivity contribution is 7.89.